The van der Waals surface area contributed by atoms with Gasteiger partial charge in [-0.2, -0.15) is 5.10 Å². The number of ketones is 1. The highest BCUT2D eigenvalue weighted by atomic mass is 32.1. The van der Waals surface area contributed by atoms with Crippen molar-refractivity contribution in [2.45, 2.75) is 47.5 Å². The summed E-state index contributed by atoms with van der Waals surface area (Å²) in [5, 5.41) is 5.33. The Balaban J connectivity index is 1.74. The fourth-order valence-corrected chi connectivity index (χ4v) is 4.70. The lowest BCUT2D eigenvalue weighted by molar-refractivity contribution is 0.102. The Kier molecular flexibility index (Phi) is 3.43. The number of nitrogens with zero attached hydrogens (tertiary/aromatic N) is 2. The van der Waals surface area contributed by atoms with Crippen LogP contribution in [0.2, 0.25) is 0 Å². The fourth-order valence-electron chi connectivity index (χ4n) is 3.90. The Morgan fingerprint density at radius 1 is 1.48 bits per heavy atom. The molecule has 0 amide bonds. The van der Waals surface area contributed by atoms with E-state index in [1.807, 2.05) is 6.92 Å². The van der Waals surface area contributed by atoms with Crippen LogP contribution in [0.1, 0.15) is 55.9 Å². The first kappa shape index (κ1) is 14.7. The minimum Gasteiger partial charge on any atom is -0.294 e. The summed E-state index contributed by atoms with van der Waals surface area (Å²) in [5.74, 6) is 2.11. The van der Waals surface area contributed by atoms with Gasteiger partial charge in [0.15, 0.2) is 5.78 Å². The van der Waals surface area contributed by atoms with Gasteiger partial charge in [-0.05, 0) is 37.0 Å². The van der Waals surface area contributed by atoms with Gasteiger partial charge >= 0.3 is 0 Å². The maximum atomic E-state index is 11.5. The average Bonchev–Trinajstić information content (AvgIpc) is 3.03. The Hall–Kier alpha value is -1.23. The molecule has 4 nitrogen and oxygen atoms in total. The van der Waals surface area contributed by atoms with E-state index in [-0.39, 0.29) is 5.78 Å². The lowest BCUT2D eigenvalue weighted by Crippen LogP contribution is -2.33. The third kappa shape index (κ3) is 2.31. The van der Waals surface area contributed by atoms with Gasteiger partial charge < -0.3 is 0 Å². The number of hydrazone groups is 1. The average molecular weight is 305 g/mol. The van der Waals surface area contributed by atoms with Crippen LogP contribution in [0.4, 0.5) is 5.13 Å². The molecule has 0 radical (unpaired) electrons. The lowest BCUT2D eigenvalue weighted by atomic mass is 9.69. The van der Waals surface area contributed by atoms with Crippen molar-refractivity contribution in [2.75, 3.05) is 5.43 Å². The highest BCUT2D eigenvalue weighted by Crippen LogP contribution is 2.57. The van der Waals surface area contributed by atoms with Crippen LogP contribution in [0.15, 0.2) is 5.10 Å². The highest BCUT2D eigenvalue weighted by molar-refractivity contribution is 7.17. The number of nitrogens with one attached hydrogen (secondary N) is 1. The van der Waals surface area contributed by atoms with Crippen molar-refractivity contribution in [3.8, 4) is 0 Å². The second-order valence-corrected chi connectivity index (χ2v) is 8.06. The Morgan fingerprint density at radius 3 is 2.71 bits per heavy atom. The third-order valence-corrected chi connectivity index (χ3v) is 6.83. The molecule has 0 aliphatic heterocycles. The van der Waals surface area contributed by atoms with Crippen molar-refractivity contribution in [2.24, 2.45) is 28.3 Å². The van der Waals surface area contributed by atoms with E-state index in [0.717, 1.165) is 28.0 Å². The van der Waals surface area contributed by atoms with Crippen molar-refractivity contribution in [3.63, 3.8) is 0 Å². The summed E-state index contributed by atoms with van der Waals surface area (Å²) < 4.78 is 0. The van der Waals surface area contributed by atoms with E-state index < -0.39 is 0 Å². The van der Waals surface area contributed by atoms with Crippen molar-refractivity contribution in [1.29, 1.82) is 0 Å². The number of thiazole rings is 1. The zero-order valence-electron chi connectivity index (χ0n) is 13.4. The Morgan fingerprint density at radius 2 is 2.19 bits per heavy atom. The summed E-state index contributed by atoms with van der Waals surface area (Å²) in [6, 6.07) is 0. The van der Waals surface area contributed by atoms with Gasteiger partial charge in [-0.25, -0.2) is 4.98 Å². The van der Waals surface area contributed by atoms with Crippen LogP contribution in [0.25, 0.3) is 0 Å². The number of hydrogen-bond donors (Lipinski definition) is 1. The van der Waals surface area contributed by atoms with E-state index >= 15 is 0 Å². The van der Waals surface area contributed by atoms with E-state index in [2.05, 4.69) is 36.3 Å². The van der Waals surface area contributed by atoms with Crippen LogP contribution < -0.4 is 5.43 Å². The molecule has 1 N–H and O–H groups in total. The number of carbonyl (C=O) groups is 1. The second-order valence-electron chi connectivity index (χ2n) is 7.06. The van der Waals surface area contributed by atoms with Gasteiger partial charge in [0.25, 0.3) is 0 Å². The molecule has 3 rings (SSSR count). The fraction of sp³-hybridized carbons (Fsp3) is 0.688. The van der Waals surface area contributed by atoms with Crippen LogP contribution in [0.5, 0.6) is 0 Å². The maximum Gasteiger partial charge on any atom is 0.204 e. The molecule has 2 aliphatic carbocycles. The minimum atomic E-state index is 0.0704. The lowest BCUT2D eigenvalue weighted by Gasteiger charge is -2.36. The van der Waals surface area contributed by atoms with Crippen molar-refractivity contribution < 1.29 is 4.79 Å². The van der Waals surface area contributed by atoms with Crippen molar-refractivity contribution in [3.05, 3.63) is 10.6 Å². The van der Waals surface area contributed by atoms with Crippen molar-refractivity contribution in [1.82, 2.24) is 4.98 Å². The first-order valence-electron chi connectivity index (χ1n) is 7.61. The predicted molar refractivity (Wildman–Crippen MR) is 87.1 cm³/mol. The number of aromatic nitrogens is 1. The smallest absolute Gasteiger partial charge is 0.204 e. The summed E-state index contributed by atoms with van der Waals surface area (Å²) in [4.78, 5) is 16.6. The first-order valence-corrected chi connectivity index (χ1v) is 8.43. The molecule has 5 heteroatoms. The third-order valence-electron chi connectivity index (χ3n) is 5.66. The van der Waals surface area contributed by atoms with Gasteiger partial charge in [0.1, 0.15) is 0 Å². The monoisotopic (exact) mass is 305 g/mol. The molecule has 0 spiro atoms. The number of carbonyl (C=O) groups excluding carboxylic acids is 1. The highest BCUT2D eigenvalue weighted by Gasteiger charge is 2.53. The number of aryl methyl sites for hydroxylation is 1. The first-order chi connectivity index (χ1) is 9.80. The summed E-state index contributed by atoms with van der Waals surface area (Å²) in [5.41, 5.74) is 5.58. The molecule has 2 aliphatic rings. The van der Waals surface area contributed by atoms with E-state index in [1.165, 1.54) is 23.5 Å². The van der Waals surface area contributed by atoms with Gasteiger partial charge in [-0.1, -0.05) is 32.1 Å². The zero-order valence-corrected chi connectivity index (χ0v) is 14.2. The predicted octanol–water partition coefficient (Wildman–Crippen LogP) is 4.12. The molecule has 0 aromatic carbocycles. The Labute approximate surface area is 130 Å². The van der Waals surface area contributed by atoms with Crippen LogP contribution in [-0.2, 0) is 0 Å². The molecule has 2 saturated carbocycles. The number of rotatable bonds is 3. The molecule has 0 unspecified atom stereocenters. The standard InChI is InChI=1S/C16H23N3OS/c1-8-12-6-11(16(8,4)5)7-13(12)18-19-15-17-9(2)14(21-15)10(3)20/h8,11-12H,6-7H2,1-5H3,(H,17,19)/b18-13-/t8-,11+,12-/m0/s1. The van der Waals surface area contributed by atoms with Gasteiger partial charge in [0, 0.05) is 18.6 Å². The van der Waals surface area contributed by atoms with E-state index in [9.17, 15) is 4.79 Å². The topological polar surface area (TPSA) is 54.4 Å². The molecule has 1 aromatic rings. The van der Waals surface area contributed by atoms with Gasteiger partial charge in [0.2, 0.25) is 5.13 Å². The van der Waals surface area contributed by atoms with Crippen molar-refractivity contribution >= 4 is 28.0 Å². The SMILES string of the molecule is CC(=O)c1sc(N/N=C2/C[C@H]3C[C@H]2[C@H](C)C3(C)C)nc1C. The zero-order chi connectivity index (χ0) is 15.4. The minimum absolute atomic E-state index is 0.0704. The number of fused-ring (bicyclic) bond motifs is 2. The van der Waals surface area contributed by atoms with Crippen LogP contribution in [0, 0.1) is 30.1 Å². The number of hydrogen-bond acceptors (Lipinski definition) is 5. The van der Waals surface area contributed by atoms with Gasteiger partial charge in [-0.3, -0.25) is 10.2 Å². The van der Waals surface area contributed by atoms with E-state index in [0.29, 0.717) is 17.3 Å². The molecular formula is C16H23N3OS. The second kappa shape index (κ2) is 4.90. The van der Waals surface area contributed by atoms with Gasteiger partial charge in [0.05, 0.1) is 10.6 Å². The number of anilines is 1. The van der Waals surface area contributed by atoms with Crippen LogP contribution in [0.3, 0.4) is 0 Å². The summed E-state index contributed by atoms with van der Waals surface area (Å²) in [7, 11) is 0. The molecule has 2 bridgehead atoms. The van der Waals surface area contributed by atoms with E-state index in [4.69, 9.17) is 0 Å². The molecule has 1 heterocycles. The molecule has 3 atom stereocenters. The molecule has 21 heavy (non-hydrogen) atoms. The molecule has 1 aromatic heterocycles. The van der Waals surface area contributed by atoms with Crippen LogP contribution in [-0.4, -0.2) is 16.5 Å². The Bertz CT molecular complexity index is 613. The molecule has 114 valence electrons. The molecule has 0 saturated heterocycles. The maximum absolute atomic E-state index is 11.5. The van der Waals surface area contributed by atoms with E-state index in [1.54, 1.807) is 6.92 Å². The molecular weight excluding hydrogens is 282 g/mol. The van der Waals surface area contributed by atoms with Crippen LogP contribution >= 0.6 is 11.3 Å². The number of Topliss-reactive ketones (excluding diaryl/α,β-unsaturated/α-hetero) is 1. The summed E-state index contributed by atoms with van der Waals surface area (Å²) in [6.45, 7) is 10.6. The quantitative estimate of drug-likeness (QED) is 0.675. The normalized spacial score (nSPS) is 31.9. The largest absolute Gasteiger partial charge is 0.294 e. The summed E-state index contributed by atoms with van der Waals surface area (Å²) in [6.07, 6.45) is 2.36. The van der Waals surface area contributed by atoms with Gasteiger partial charge in [-0.15, -0.1) is 0 Å². The molecule has 2 fully saturated rings. The summed E-state index contributed by atoms with van der Waals surface area (Å²) >= 11 is 1.39.